The van der Waals surface area contributed by atoms with Gasteiger partial charge in [-0.3, -0.25) is 9.89 Å². The van der Waals surface area contributed by atoms with Crippen LogP contribution < -0.4 is 5.32 Å². The van der Waals surface area contributed by atoms with E-state index in [1.54, 1.807) is 36.5 Å². The Labute approximate surface area is 111 Å². The number of aryl methyl sites for hydroxylation is 1. The summed E-state index contributed by atoms with van der Waals surface area (Å²) in [6.07, 6.45) is 4.85. The Morgan fingerprint density at radius 1 is 1.42 bits per heavy atom. The lowest BCUT2D eigenvalue weighted by atomic mass is 10.2. The monoisotopic (exact) mass is 257 g/mol. The van der Waals surface area contributed by atoms with E-state index in [0.29, 0.717) is 6.54 Å². The molecule has 0 saturated carbocycles. The highest BCUT2D eigenvalue weighted by Crippen LogP contribution is 2.10. The van der Waals surface area contributed by atoms with Crippen LogP contribution in [-0.2, 0) is 11.3 Å². The zero-order chi connectivity index (χ0) is 13.7. The van der Waals surface area contributed by atoms with Crippen LogP contribution in [0.3, 0.4) is 0 Å². The fraction of sp³-hybridized carbons (Fsp3) is 0.143. The Balaban J connectivity index is 1.87. The summed E-state index contributed by atoms with van der Waals surface area (Å²) in [6, 6.07) is 6.62. The van der Waals surface area contributed by atoms with E-state index in [4.69, 9.17) is 5.11 Å². The predicted octanol–water partition coefficient (Wildman–Crippen LogP) is 1.75. The Kier molecular flexibility index (Phi) is 3.97. The highest BCUT2D eigenvalue weighted by Gasteiger charge is 2.01. The first kappa shape index (κ1) is 12.9. The van der Waals surface area contributed by atoms with Crippen molar-refractivity contribution in [3.8, 4) is 5.75 Å². The van der Waals surface area contributed by atoms with Crippen LogP contribution in [0.2, 0.25) is 0 Å². The van der Waals surface area contributed by atoms with Gasteiger partial charge in [-0.2, -0.15) is 5.10 Å². The molecule has 2 aromatic rings. The molecule has 0 aliphatic rings. The standard InChI is InChI=1S/C14H15N3O2/c1-10-12(9-16-17-10)8-15-14(19)7-4-11-2-5-13(18)6-3-11/h2-7,9,18H,8H2,1H3,(H,15,19)(H,16,17)/b7-4+. The second-order valence-electron chi connectivity index (χ2n) is 4.16. The first-order valence-electron chi connectivity index (χ1n) is 5.89. The van der Waals surface area contributed by atoms with E-state index in [-0.39, 0.29) is 11.7 Å². The number of nitrogens with zero attached hydrogens (tertiary/aromatic N) is 1. The van der Waals surface area contributed by atoms with Gasteiger partial charge in [0.2, 0.25) is 5.91 Å². The topological polar surface area (TPSA) is 78.0 Å². The van der Waals surface area contributed by atoms with Crippen molar-refractivity contribution < 1.29 is 9.90 Å². The molecule has 1 amide bonds. The van der Waals surface area contributed by atoms with Gasteiger partial charge in [0.05, 0.1) is 6.20 Å². The van der Waals surface area contributed by atoms with E-state index in [9.17, 15) is 4.79 Å². The van der Waals surface area contributed by atoms with Crippen LogP contribution >= 0.6 is 0 Å². The largest absolute Gasteiger partial charge is 0.508 e. The number of phenols is 1. The minimum Gasteiger partial charge on any atom is -0.508 e. The molecule has 19 heavy (non-hydrogen) atoms. The molecule has 0 unspecified atom stereocenters. The van der Waals surface area contributed by atoms with E-state index >= 15 is 0 Å². The third-order valence-electron chi connectivity index (χ3n) is 2.71. The van der Waals surface area contributed by atoms with E-state index < -0.39 is 0 Å². The summed E-state index contributed by atoms with van der Waals surface area (Å²) in [7, 11) is 0. The number of hydrogen-bond acceptors (Lipinski definition) is 3. The number of benzene rings is 1. The molecule has 0 bridgehead atoms. The number of aromatic hydroxyl groups is 1. The van der Waals surface area contributed by atoms with Crippen molar-refractivity contribution in [2.24, 2.45) is 0 Å². The van der Waals surface area contributed by atoms with Crippen LogP contribution in [0.25, 0.3) is 6.08 Å². The molecule has 0 saturated heterocycles. The predicted molar refractivity (Wildman–Crippen MR) is 72.3 cm³/mol. The van der Waals surface area contributed by atoms with E-state index in [1.165, 1.54) is 6.08 Å². The first-order valence-corrected chi connectivity index (χ1v) is 5.89. The molecule has 2 rings (SSSR count). The lowest BCUT2D eigenvalue weighted by Gasteiger charge is -2.00. The molecule has 3 N–H and O–H groups in total. The number of carbonyl (C=O) groups excluding carboxylic acids is 1. The Hall–Kier alpha value is -2.56. The minimum absolute atomic E-state index is 0.173. The van der Waals surface area contributed by atoms with Gasteiger partial charge in [0.1, 0.15) is 5.75 Å². The molecule has 0 spiro atoms. The number of aromatic amines is 1. The highest BCUT2D eigenvalue weighted by molar-refractivity contribution is 5.91. The highest BCUT2D eigenvalue weighted by atomic mass is 16.3. The van der Waals surface area contributed by atoms with E-state index in [0.717, 1.165) is 16.8 Å². The number of phenolic OH excluding ortho intramolecular Hbond substituents is 1. The molecular weight excluding hydrogens is 242 g/mol. The van der Waals surface area contributed by atoms with E-state index in [2.05, 4.69) is 15.5 Å². The molecule has 5 nitrogen and oxygen atoms in total. The number of hydrogen-bond donors (Lipinski definition) is 3. The molecule has 5 heteroatoms. The summed E-state index contributed by atoms with van der Waals surface area (Å²) < 4.78 is 0. The van der Waals surface area contributed by atoms with Crippen LogP contribution in [0.5, 0.6) is 5.75 Å². The second-order valence-corrected chi connectivity index (χ2v) is 4.16. The Morgan fingerprint density at radius 3 is 2.79 bits per heavy atom. The van der Waals surface area contributed by atoms with E-state index in [1.807, 2.05) is 6.92 Å². The molecule has 0 atom stereocenters. The van der Waals surface area contributed by atoms with Crippen LogP contribution in [0.4, 0.5) is 0 Å². The van der Waals surface area contributed by atoms with Crippen molar-refractivity contribution in [2.75, 3.05) is 0 Å². The van der Waals surface area contributed by atoms with Crippen LogP contribution in [0.1, 0.15) is 16.8 Å². The zero-order valence-corrected chi connectivity index (χ0v) is 10.6. The molecule has 1 aromatic heterocycles. The van der Waals surface area contributed by atoms with Crippen molar-refractivity contribution in [2.45, 2.75) is 13.5 Å². The first-order chi connectivity index (χ1) is 9.15. The van der Waals surface area contributed by atoms with Gasteiger partial charge in [-0.25, -0.2) is 0 Å². The van der Waals surface area contributed by atoms with Crippen molar-refractivity contribution in [3.63, 3.8) is 0 Å². The fourth-order valence-corrected chi connectivity index (χ4v) is 1.55. The van der Waals surface area contributed by atoms with Gasteiger partial charge in [0.15, 0.2) is 0 Å². The zero-order valence-electron chi connectivity index (χ0n) is 10.6. The van der Waals surface area contributed by atoms with Crippen molar-refractivity contribution in [3.05, 3.63) is 53.4 Å². The summed E-state index contributed by atoms with van der Waals surface area (Å²) in [5.74, 6) is 0.0331. The summed E-state index contributed by atoms with van der Waals surface area (Å²) in [6.45, 7) is 2.35. The molecule has 0 fully saturated rings. The van der Waals surface area contributed by atoms with Gasteiger partial charge in [0, 0.05) is 23.9 Å². The molecule has 0 aliphatic heterocycles. The maximum atomic E-state index is 11.6. The lowest BCUT2D eigenvalue weighted by Crippen LogP contribution is -2.20. The number of rotatable bonds is 4. The van der Waals surface area contributed by atoms with Crippen molar-refractivity contribution >= 4 is 12.0 Å². The third-order valence-corrected chi connectivity index (χ3v) is 2.71. The SMILES string of the molecule is Cc1[nH]ncc1CNC(=O)/C=C/c1ccc(O)cc1. The van der Waals surface area contributed by atoms with Gasteiger partial charge in [-0.1, -0.05) is 12.1 Å². The maximum absolute atomic E-state index is 11.6. The van der Waals surface area contributed by atoms with Crippen LogP contribution in [-0.4, -0.2) is 21.2 Å². The van der Waals surface area contributed by atoms with Gasteiger partial charge < -0.3 is 10.4 Å². The summed E-state index contributed by atoms with van der Waals surface area (Å²) >= 11 is 0. The Morgan fingerprint density at radius 2 is 2.16 bits per heavy atom. The molecule has 98 valence electrons. The molecular formula is C14H15N3O2. The average Bonchev–Trinajstić information content (AvgIpc) is 2.81. The quantitative estimate of drug-likeness (QED) is 0.730. The summed E-state index contributed by atoms with van der Waals surface area (Å²) in [5, 5.41) is 18.6. The number of amides is 1. The smallest absolute Gasteiger partial charge is 0.244 e. The van der Waals surface area contributed by atoms with Gasteiger partial charge in [-0.15, -0.1) is 0 Å². The fourth-order valence-electron chi connectivity index (χ4n) is 1.55. The number of nitrogens with one attached hydrogen (secondary N) is 2. The van der Waals surface area contributed by atoms with Crippen molar-refractivity contribution in [1.82, 2.24) is 15.5 Å². The van der Waals surface area contributed by atoms with Crippen LogP contribution in [0.15, 0.2) is 36.5 Å². The van der Waals surface area contributed by atoms with Gasteiger partial charge in [-0.05, 0) is 30.7 Å². The lowest BCUT2D eigenvalue weighted by molar-refractivity contribution is -0.116. The number of carbonyl (C=O) groups is 1. The van der Waals surface area contributed by atoms with Gasteiger partial charge in [0.25, 0.3) is 0 Å². The molecule has 1 heterocycles. The van der Waals surface area contributed by atoms with Crippen molar-refractivity contribution in [1.29, 1.82) is 0 Å². The minimum atomic E-state index is -0.173. The average molecular weight is 257 g/mol. The van der Waals surface area contributed by atoms with Gasteiger partial charge >= 0.3 is 0 Å². The summed E-state index contributed by atoms with van der Waals surface area (Å²) in [5.41, 5.74) is 2.77. The third kappa shape index (κ3) is 3.70. The molecule has 1 aromatic carbocycles. The Bertz CT molecular complexity index is 585. The summed E-state index contributed by atoms with van der Waals surface area (Å²) in [4.78, 5) is 11.6. The second kappa shape index (κ2) is 5.86. The normalized spacial score (nSPS) is 10.8. The number of aromatic nitrogens is 2. The molecule has 0 radical (unpaired) electrons. The maximum Gasteiger partial charge on any atom is 0.244 e. The molecule has 0 aliphatic carbocycles. The van der Waals surface area contributed by atoms with Crippen LogP contribution in [0, 0.1) is 6.92 Å². The number of H-pyrrole nitrogens is 1.